The van der Waals surface area contributed by atoms with Gasteiger partial charge in [0.15, 0.2) is 5.11 Å². The van der Waals surface area contributed by atoms with E-state index in [-0.39, 0.29) is 41.0 Å². The van der Waals surface area contributed by atoms with Crippen molar-refractivity contribution >= 4 is 45.7 Å². The lowest BCUT2D eigenvalue weighted by Crippen LogP contribution is -2.35. The summed E-state index contributed by atoms with van der Waals surface area (Å²) in [6.45, 7) is 0.190. The van der Waals surface area contributed by atoms with Crippen molar-refractivity contribution in [1.82, 2.24) is 10.3 Å². The first kappa shape index (κ1) is 25.7. The molecular formula is C27H23FN4O4S. The Morgan fingerprint density at radius 1 is 1.08 bits per heavy atom. The number of carbonyl (C=O) groups excluding carboxylic acids is 2. The Bertz CT molecular complexity index is 1480. The highest BCUT2D eigenvalue weighted by atomic mass is 32.1. The van der Waals surface area contributed by atoms with Crippen LogP contribution in [0.15, 0.2) is 72.9 Å². The van der Waals surface area contributed by atoms with Gasteiger partial charge in [-0.2, -0.15) is 0 Å². The van der Waals surface area contributed by atoms with Gasteiger partial charge < -0.3 is 25.8 Å². The molecule has 188 valence electrons. The predicted molar refractivity (Wildman–Crippen MR) is 142 cm³/mol. The van der Waals surface area contributed by atoms with Gasteiger partial charge >= 0.3 is 0 Å². The fraction of sp³-hybridized carbons (Fsp3) is 0.111. The molecule has 0 saturated heterocycles. The number of pyridine rings is 1. The molecule has 1 heterocycles. The molecule has 37 heavy (non-hydrogen) atoms. The summed E-state index contributed by atoms with van der Waals surface area (Å²) in [4.78, 5) is 28.5. The number of methoxy groups -OCH3 is 1. The number of rotatable bonds is 8. The van der Waals surface area contributed by atoms with Gasteiger partial charge in [0.25, 0.3) is 0 Å². The van der Waals surface area contributed by atoms with E-state index in [1.807, 2.05) is 30.3 Å². The number of primary amides is 1. The fourth-order valence-electron chi connectivity index (χ4n) is 3.70. The first-order valence-corrected chi connectivity index (χ1v) is 11.6. The summed E-state index contributed by atoms with van der Waals surface area (Å²) in [5.74, 6) is -1.01. The second-order valence-electron chi connectivity index (χ2n) is 8.04. The highest BCUT2D eigenvalue weighted by molar-refractivity contribution is 7.80. The molecule has 4 N–H and O–H groups in total. The highest BCUT2D eigenvalue weighted by Crippen LogP contribution is 2.32. The van der Waals surface area contributed by atoms with E-state index in [1.54, 1.807) is 30.5 Å². The largest absolute Gasteiger partial charge is 0.456 e. The molecule has 3 aromatic carbocycles. The average Bonchev–Trinajstić information content (AvgIpc) is 2.86. The third-order valence-electron chi connectivity index (χ3n) is 5.37. The maximum absolute atomic E-state index is 14.8. The minimum Gasteiger partial charge on any atom is -0.456 e. The van der Waals surface area contributed by atoms with Crippen molar-refractivity contribution in [1.29, 1.82) is 0 Å². The summed E-state index contributed by atoms with van der Waals surface area (Å²) in [5.41, 5.74) is 7.87. The van der Waals surface area contributed by atoms with E-state index in [9.17, 15) is 14.0 Å². The van der Waals surface area contributed by atoms with Crippen LogP contribution >= 0.6 is 12.2 Å². The number of carbonyl (C=O) groups is 2. The zero-order chi connectivity index (χ0) is 26.4. The molecule has 4 rings (SSSR count). The quantitative estimate of drug-likeness (QED) is 0.295. The molecule has 0 aliphatic rings. The number of nitrogens with one attached hydrogen (secondary N) is 2. The number of nitrogens with zero attached hydrogens (tertiary/aromatic N) is 1. The molecule has 0 aliphatic carbocycles. The van der Waals surface area contributed by atoms with Crippen LogP contribution in [-0.2, 0) is 22.6 Å². The van der Waals surface area contributed by atoms with Crippen LogP contribution in [0.2, 0.25) is 0 Å². The Labute approximate surface area is 217 Å². The molecular weight excluding hydrogens is 495 g/mol. The summed E-state index contributed by atoms with van der Waals surface area (Å²) in [6.07, 6.45) is 1.68. The number of ether oxygens (including phenoxy) is 2. The molecule has 2 amide bonds. The van der Waals surface area contributed by atoms with Crippen LogP contribution in [0.3, 0.4) is 0 Å². The Morgan fingerprint density at radius 2 is 1.86 bits per heavy atom. The van der Waals surface area contributed by atoms with Gasteiger partial charge in [0.05, 0.1) is 24.2 Å². The van der Waals surface area contributed by atoms with Crippen molar-refractivity contribution in [3.63, 3.8) is 0 Å². The SMILES string of the molecule is COCc1cc2nccc(Oc3ccc(NC(=S)NC(=O)Cc4ccccc4)c(F)c3)c2cc1C(N)=O. The van der Waals surface area contributed by atoms with Crippen molar-refractivity contribution in [2.75, 3.05) is 12.4 Å². The van der Waals surface area contributed by atoms with Crippen molar-refractivity contribution in [3.05, 3.63) is 95.4 Å². The van der Waals surface area contributed by atoms with Crippen LogP contribution in [0, 0.1) is 5.82 Å². The summed E-state index contributed by atoms with van der Waals surface area (Å²) in [7, 11) is 1.51. The number of aromatic nitrogens is 1. The number of fused-ring (bicyclic) bond motifs is 1. The van der Waals surface area contributed by atoms with Gasteiger partial charge in [-0.3, -0.25) is 14.6 Å². The smallest absolute Gasteiger partial charge is 0.249 e. The van der Waals surface area contributed by atoms with Crippen LogP contribution in [0.25, 0.3) is 10.9 Å². The zero-order valence-electron chi connectivity index (χ0n) is 19.8. The van der Waals surface area contributed by atoms with E-state index in [0.29, 0.717) is 22.2 Å². The maximum atomic E-state index is 14.8. The van der Waals surface area contributed by atoms with E-state index in [1.165, 1.54) is 19.2 Å². The Balaban J connectivity index is 1.48. The van der Waals surface area contributed by atoms with Gasteiger partial charge in [-0.05, 0) is 53.7 Å². The van der Waals surface area contributed by atoms with Gasteiger partial charge in [-0.1, -0.05) is 30.3 Å². The van der Waals surface area contributed by atoms with Crippen LogP contribution in [0.1, 0.15) is 21.5 Å². The number of hydrogen-bond donors (Lipinski definition) is 3. The third kappa shape index (κ3) is 6.43. The van der Waals surface area contributed by atoms with Crippen molar-refractivity contribution in [2.45, 2.75) is 13.0 Å². The standard InChI is InChI=1S/C27H23FN4O4S/c1-35-15-17-12-23-20(14-19(17)26(29)34)24(9-10-30-23)36-18-7-8-22(21(28)13-18)31-27(37)32-25(33)11-16-5-3-2-4-6-16/h2-10,12-14H,11,15H2,1H3,(H2,29,34)(H2,31,32,33,37). The topological polar surface area (TPSA) is 116 Å². The monoisotopic (exact) mass is 518 g/mol. The number of anilines is 1. The Hall–Kier alpha value is -4.41. The molecule has 0 aliphatic heterocycles. The number of amides is 2. The number of hydrogen-bond acceptors (Lipinski definition) is 6. The first-order valence-electron chi connectivity index (χ1n) is 11.2. The van der Waals surface area contributed by atoms with E-state index in [4.69, 9.17) is 27.4 Å². The summed E-state index contributed by atoms with van der Waals surface area (Å²) >= 11 is 5.15. The second-order valence-corrected chi connectivity index (χ2v) is 8.45. The molecule has 0 bridgehead atoms. The summed E-state index contributed by atoms with van der Waals surface area (Å²) in [5, 5.41) is 5.72. The lowest BCUT2D eigenvalue weighted by atomic mass is 10.0. The van der Waals surface area contributed by atoms with E-state index < -0.39 is 11.7 Å². The molecule has 4 aromatic rings. The van der Waals surface area contributed by atoms with Gasteiger partial charge in [0.1, 0.15) is 17.3 Å². The lowest BCUT2D eigenvalue weighted by Gasteiger charge is -2.14. The van der Waals surface area contributed by atoms with Crippen molar-refractivity contribution in [3.8, 4) is 11.5 Å². The van der Waals surface area contributed by atoms with E-state index in [0.717, 1.165) is 5.56 Å². The number of halogens is 1. The van der Waals surface area contributed by atoms with E-state index in [2.05, 4.69) is 15.6 Å². The molecule has 0 radical (unpaired) electrons. The predicted octanol–water partition coefficient (Wildman–Crippen LogP) is 4.47. The maximum Gasteiger partial charge on any atom is 0.249 e. The van der Waals surface area contributed by atoms with Gasteiger partial charge in [0, 0.05) is 30.3 Å². The molecule has 8 nitrogen and oxygen atoms in total. The third-order valence-corrected chi connectivity index (χ3v) is 5.57. The van der Waals surface area contributed by atoms with Gasteiger partial charge in [-0.25, -0.2) is 4.39 Å². The highest BCUT2D eigenvalue weighted by Gasteiger charge is 2.15. The molecule has 0 saturated carbocycles. The average molecular weight is 519 g/mol. The van der Waals surface area contributed by atoms with Crippen molar-refractivity contribution in [2.24, 2.45) is 5.73 Å². The molecule has 10 heteroatoms. The molecule has 0 atom stereocenters. The van der Waals surface area contributed by atoms with Gasteiger partial charge in [-0.15, -0.1) is 0 Å². The minimum absolute atomic E-state index is 0.0283. The Kier molecular flexibility index (Phi) is 8.02. The van der Waals surface area contributed by atoms with Crippen molar-refractivity contribution < 1.29 is 23.5 Å². The van der Waals surface area contributed by atoms with Crippen LogP contribution in [-0.4, -0.2) is 29.0 Å². The van der Waals surface area contributed by atoms with Crippen LogP contribution in [0.5, 0.6) is 11.5 Å². The van der Waals surface area contributed by atoms with Crippen LogP contribution < -0.4 is 21.1 Å². The molecule has 1 aromatic heterocycles. The minimum atomic E-state index is -0.643. The summed E-state index contributed by atoms with van der Waals surface area (Å²) < 4.78 is 25.9. The second kappa shape index (κ2) is 11.5. The van der Waals surface area contributed by atoms with E-state index >= 15 is 0 Å². The molecule has 0 unspecified atom stereocenters. The fourth-order valence-corrected chi connectivity index (χ4v) is 3.92. The number of nitrogens with two attached hydrogens (primary N) is 1. The number of benzene rings is 3. The summed E-state index contributed by atoms with van der Waals surface area (Å²) in [6, 6.07) is 18.2. The van der Waals surface area contributed by atoms with Crippen LogP contribution in [0.4, 0.5) is 10.1 Å². The lowest BCUT2D eigenvalue weighted by molar-refractivity contribution is -0.119. The Morgan fingerprint density at radius 3 is 2.57 bits per heavy atom. The normalized spacial score (nSPS) is 10.6. The number of thiocarbonyl (C=S) groups is 1. The molecule has 0 spiro atoms. The molecule has 0 fully saturated rings. The first-order chi connectivity index (χ1) is 17.8. The van der Waals surface area contributed by atoms with Gasteiger partial charge in [0.2, 0.25) is 11.8 Å². The zero-order valence-corrected chi connectivity index (χ0v) is 20.6.